The second kappa shape index (κ2) is 3.99. The maximum atomic E-state index is 3.36. The van der Waals surface area contributed by atoms with Crippen LogP contribution in [0.25, 0.3) is 5.57 Å². The van der Waals surface area contributed by atoms with E-state index in [1.807, 2.05) is 6.08 Å². The Bertz CT molecular complexity index is 823. The highest BCUT2D eigenvalue weighted by atomic mass is 14.4. The van der Waals surface area contributed by atoms with Gasteiger partial charge in [-0.1, -0.05) is 66.1 Å². The van der Waals surface area contributed by atoms with E-state index in [-0.39, 0.29) is 5.41 Å². The fraction of sp³-hybridized carbons (Fsp3) is 0.100. The van der Waals surface area contributed by atoms with Gasteiger partial charge in [-0.25, -0.2) is 0 Å². The molecule has 0 radical (unpaired) electrons. The Kier molecular flexibility index (Phi) is 2.26. The molecule has 1 unspecified atom stereocenters. The highest BCUT2D eigenvalue weighted by Gasteiger charge is 2.43. The highest BCUT2D eigenvalue weighted by Crippen LogP contribution is 2.53. The third-order valence-electron chi connectivity index (χ3n) is 4.41. The monoisotopic (exact) mass is 254 g/mol. The number of hydrogen-bond acceptors (Lipinski definition) is 0. The fourth-order valence-corrected chi connectivity index (χ4v) is 3.37. The molecule has 0 fully saturated rings. The molecule has 0 aromatic heterocycles. The summed E-state index contributed by atoms with van der Waals surface area (Å²) in [6.07, 6.45) is 4.10. The molecule has 0 heterocycles. The molecular weight excluding hydrogens is 240 g/mol. The largest absolute Gasteiger partial charge is 0.0699 e. The van der Waals surface area contributed by atoms with E-state index in [2.05, 4.69) is 79.1 Å². The van der Waals surface area contributed by atoms with E-state index in [4.69, 9.17) is 0 Å². The van der Waals surface area contributed by atoms with Crippen molar-refractivity contribution in [1.29, 1.82) is 0 Å². The molecule has 2 aliphatic rings. The average Bonchev–Trinajstić information content (AvgIpc) is 2.80. The van der Waals surface area contributed by atoms with E-state index in [1.54, 1.807) is 0 Å². The minimum atomic E-state index is -0.134. The van der Waals surface area contributed by atoms with Crippen LogP contribution < -0.4 is 0 Å². The van der Waals surface area contributed by atoms with Gasteiger partial charge in [-0.2, -0.15) is 0 Å². The predicted octanol–water partition coefficient (Wildman–Crippen LogP) is 4.64. The highest BCUT2D eigenvalue weighted by molar-refractivity contribution is 5.92. The molecule has 0 heteroatoms. The minimum Gasteiger partial charge on any atom is -0.0699 e. The molecular formula is C20H14. The molecule has 2 aliphatic carbocycles. The van der Waals surface area contributed by atoms with Crippen LogP contribution in [0.1, 0.15) is 23.6 Å². The first kappa shape index (κ1) is 11.3. The molecule has 0 saturated heterocycles. The molecule has 0 N–H and O–H groups in total. The third-order valence-corrected chi connectivity index (χ3v) is 4.41. The summed E-state index contributed by atoms with van der Waals surface area (Å²) in [6, 6.07) is 19.3. The first-order valence-corrected chi connectivity index (χ1v) is 6.90. The summed E-state index contributed by atoms with van der Waals surface area (Å²) in [4.78, 5) is 0. The first-order chi connectivity index (χ1) is 9.82. The third kappa shape index (κ3) is 1.33. The van der Waals surface area contributed by atoms with Crippen LogP contribution in [-0.4, -0.2) is 0 Å². The lowest BCUT2D eigenvalue weighted by Gasteiger charge is -2.27. The quantitative estimate of drug-likeness (QED) is 0.650. The summed E-state index contributed by atoms with van der Waals surface area (Å²) in [5.41, 5.74) is 12.9. The number of fused-ring (bicyclic) bond motifs is 3. The molecule has 20 heavy (non-hydrogen) atoms. The lowest BCUT2D eigenvalue weighted by molar-refractivity contribution is 0.715. The second-order valence-corrected chi connectivity index (χ2v) is 5.43. The second-order valence-electron chi connectivity index (χ2n) is 5.43. The fourth-order valence-electron chi connectivity index (χ4n) is 3.37. The van der Waals surface area contributed by atoms with E-state index in [0.29, 0.717) is 0 Å². The summed E-state index contributed by atoms with van der Waals surface area (Å²) in [5.74, 6) is 0. The summed E-state index contributed by atoms with van der Waals surface area (Å²) in [6.45, 7) is 2.29. The van der Waals surface area contributed by atoms with E-state index in [0.717, 1.165) is 0 Å². The maximum Gasteiger partial charge on any atom is 0.0515 e. The molecule has 1 atom stereocenters. The van der Waals surface area contributed by atoms with E-state index in [9.17, 15) is 0 Å². The smallest absolute Gasteiger partial charge is 0.0515 e. The Morgan fingerprint density at radius 1 is 0.900 bits per heavy atom. The molecule has 4 rings (SSSR count). The van der Waals surface area contributed by atoms with Gasteiger partial charge in [0.15, 0.2) is 0 Å². The zero-order valence-electron chi connectivity index (χ0n) is 11.4. The van der Waals surface area contributed by atoms with Crippen molar-refractivity contribution < 1.29 is 0 Å². The maximum absolute atomic E-state index is 3.36. The Morgan fingerprint density at radius 2 is 1.65 bits per heavy atom. The molecule has 0 spiro atoms. The SMILES string of the molecule is CC1(c2ccccc2)C2=C=C=CC=C2c2ccccc21. The van der Waals surface area contributed by atoms with Crippen molar-refractivity contribution in [2.24, 2.45) is 0 Å². The van der Waals surface area contributed by atoms with Crippen LogP contribution in [0.4, 0.5) is 0 Å². The minimum absolute atomic E-state index is 0.134. The summed E-state index contributed by atoms with van der Waals surface area (Å²) >= 11 is 0. The number of allylic oxidation sites excluding steroid dienone is 4. The topological polar surface area (TPSA) is 0 Å². The van der Waals surface area contributed by atoms with Gasteiger partial charge in [0, 0.05) is 5.57 Å². The van der Waals surface area contributed by atoms with Gasteiger partial charge in [0.25, 0.3) is 0 Å². The van der Waals surface area contributed by atoms with Gasteiger partial charge in [0.05, 0.1) is 5.41 Å². The molecule has 0 bridgehead atoms. The summed E-state index contributed by atoms with van der Waals surface area (Å²) < 4.78 is 0. The molecule has 2 aromatic carbocycles. The number of hydrogen-bond donors (Lipinski definition) is 0. The normalized spacial score (nSPS) is 22.1. The Hall–Kier alpha value is -2.52. The molecule has 0 amide bonds. The van der Waals surface area contributed by atoms with Crippen LogP contribution >= 0.6 is 0 Å². The molecule has 0 nitrogen and oxygen atoms in total. The predicted molar refractivity (Wildman–Crippen MR) is 82.4 cm³/mol. The first-order valence-electron chi connectivity index (χ1n) is 6.90. The van der Waals surface area contributed by atoms with Gasteiger partial charge in [-0.05, 0) is 41.3 Å². The van der Waals surface area contributed by atoms with E-state index < -0.39 is 0 Å². The standard InChI is InChI=1S/C20H14/c1-20(15-9-3-2-4-10-15)18-13-7-5-11-16(18)17-12-6-8-14-19(17)20/h2-7,9-13H,1H3. The lowest BCUT2D eigenvalue weighted by Crippen LogP contribution is -2.22. The van der Waals surface area contributed by atoms with Crippen molar-refractivity contribution >= 4 is 5.57 Å². The van der Waals surface area contributed by atoms with Crippen LogP contribution in [0.2, 0.25) is 0 Å². The Labute approximate surface area is 119 Å². The van der Waals surface area contributed by atoms with Crippen molar-refractivity contribution in [3.63, 3.8) is 0 Å². The summed E-state index contributed by atoms with van der Waals surface area (Å²) in [7, 11) is 0. The van der Waals surface area contributed by atoms with Crippen molar-refractivity contribution in [2.75, 3.05) is 0 Å². The summed E-state index contributed by atoms with van der Waals surface area (Å²) in [5, 5.41) is 0. The molecule has 2 aromatic rings. The van der Waals surface area contributed by atoms with Gasteiger partial charge >= 0.3 is 0 Å². The van der Waals surface area contributed by atoms with Crippen molar-refractivity contribution in [1.82, 2.24) is 0 Å². The number of rotatable bonds is 1. The van der Waals surface area contributed by atoms with Gasteiger partial charge < -0.3 is 0 Å². The van der Waals surface area contributed by atoms with Crippen molar-refractivity contribution in [3.8, 4) is 0 Å². The Balaban J connectivity index is 2.11. The number of benzene rings is 2. The van der Waals surface area contributed by atoms with Crippen molar-refractivity contribution in [2.45, 2.75) is 12.3 Å². The van der Waals surface area contributed by atoms with Gasteiger partial charge in [0.2, 0.25) is 0 Å². The van der Waals surface area contributed by atoms with Gasteiger partial charge in [-0.3, -0.25) is 0 Å². The molecule has 0 aliphatic heterocycles. The van der Waals surface area contributed by atoms with Crippen LogP contribution in [0.15, 0.2) is 83.8 Å². The van der Waals surface area contributed by atoms with Crippen LogP contribution in [0.3, 0.4) is 0 Å². The zero-order chi connectivity index (χ0) is 13.6. The molecule has 94 valence electrons. The lowest BCUT2D eigenvalue weighted by atomic mass is 9.74. The molecule has 0 saturated carbocycles. The van der Waals surface area contributed by atoms with Crippen molar-refractivity contribution in [3.05, 3.63) is 100 Å². The zero-order valence-corrected chi connectivity index (χ0v) is 11.4. The van der Waals surface area contributed by atoms with Crippen LogP contribution in [0.5, 0.6) is 0 Å². The Morgan fingerprint density at radius 3 is 2.50 bits per heavy atom. The van der Waals surface area contributed by atoms with E-state index in [1.165, 1.54) is 27.8 Å². The van der Waals surface area contributed by atoms with E-state index >= 15 is 0 Å². The van der Waals surface area contributed by atoms with Crippen LogP contribution in [-0.2, 0) is 5.41 Å². The van der Waals surface area contributed by atoms with Gasteiger partial charge in [0.1, 0.15) is 0 Å². The average molecular weight is 254 g/mol. The van der Waals surface area contributed by atoms with Gasteiger partial charge in [-0.15, -0.1) is 0 Å². The van der Waals surface area contributed by atoms with Crippen LogP contribution in [0, 0.1) is 0 Å².